The number of benzene rings is 1. The lowest BCUT2D eigenvalue weighted by Gasteiger charge is -2.16. The van der Waals surface area contributed by atoms with E-state index in [4.69, 9.17) is 11.6 Å². The number of carbonyl (C=O) groups excluding carboxylic acids is 1. The zero-order valence-electron chi connectivity index (χ0n) is 10.6. The van der Waals surface area contributed by atoms with E-state index in [1.807, 2.05) is 0 Å². The van der Waals surface area contributed by atoms with Crippen LogP contribution >= 0.6 is 11.6 Å². The molecular weight excluding hydrogens is 268 g/mol. The van der Waals surface area contributed by atoms with Gasteiger partial charge in [-0.3, -0.25) is 14.9 Å². The molecule has 102 valence electrons. The molecule has 1 amide bonds. The number of allylic oxidation sites excluding steroid dienone is 1. The van der Waals surface area contributed by atoms with Gasteiger partial charge in [-0.1, -0.05) is 17.7 Å². The number of carbonyl (C=O) groups is 1. The van der Waals surface area contributed by atoms with Crippen molar-refractivity contribution in [2.24, 2.45) is 0 Å². The molecule has 0 bridgehead atoms. The van der Waals surface area contributed by atoms with Gasteiger partial charge in [0.15, 0.2) is 0 Å². The van der Waals surface area contributed by atoms with Crippen molar-refractivity contribution >= 4 is 23.2 Å². The molecule has 0 aliphatic heterocycles. The first-order chi connectivity index (χ1) is 8.97. The van der Waals surface area contributed by atoms with Crippen LogP contribution in [0.1, 0.15) is 23.2 Å². The van der Waals surface area contributed by atoms with Gasteiger partial charge in [0.25, 0.3) is 11.6 Å². The third-order valence-corrected chi connectivity index (χ3v) is 2.96. The molecule has 1 aromatic rings. The maximum absolute atomic E-state index is 12.1. The van der Waals surface area contributed by atoms with Gasteiger partial charge < -0.3 is 4.90 Å². The highest BCUT2D eigenvalue weighted by Crippen LogP contribution is 2.25. The van der Waals surface area contributed by atoms with Crippen molar-refractivity contribution in [1.29, 1.82) is 0 Å². The first-order valence-electron chi connectivity index (χ1n) is 5.77. The highest BCUT2D eigenvalue weighted by atomic mass is 35.5. The first kappa shape index (κ1) is 15.2. The standard InChI is InChI=1S/C13H15ClN2O3/c1-3-4-5-8-15(2)13(17)10-6-7-11(14)12(9-10)16(18)19/h3,6-7,9H,1,4-5,8H2,2H3. The van der Waals surface area contributed by atoms with E-state index in [1.54, 1.807) is 13.1 Å². The summed E-state index contributed by atoms with van der Waals surface area (Å²) in [6.07, 6.45) is 3.41. The maximum atomic E-state index is 12.1. The van der Waals surface area contributed by atoms with E-state index >= 15 is 0 Å². The summed E-state index contributed by atoms with van der Waals surface area (Å²) >= 11 is 5.70. The highest BCUT2D eigenvalue weighted by molar-refractivity contribution is 6.32. The van der Waals surface area contributed by atoms with Crippen LogP contribution in [0.4, 0.5) is 5.69 Å². The van der Waals surface area contributed by atoms with Gasteiger partial charge in [0, 0.05) is 25.2 Å². The molecule has 1 rings (SSSR count). The molecule has 19 heavy (non-hydrogen) atoms. The Bertz CT molecular complexity index is 503. The number of halogens is 1. The van der Waals surface area contributed by atoms with Gasteiger partial charge in [0.1, 0.15) is 5.02 Å². The summed E-state index contributed by atoms with van der Waals surface area (Å²) in [5, 5.41) is 10.8. The van der Waals surface area contributed by atoms with E-state index < -0.39 is 4.92 Å². The van der Waals surface area contributed by atoms with Gasteiger partial charge >= 0.3 is 0 Å². The van der Waals surface area contributed by atoms with Gasteiger partial charge in [-0.15, -0.1) is 6.58 Å². The number of amides is 1. The zero-order valence-corrected chi connectivity index (χ0v) is 11.4. The third kappa shape index (κ3) is 4.06. The first-order valence-corrected chi connectivity index (χ1v) is 6.15. The molecule has 0 radical (unpaired) electrons. The topological polar surface area (TPSA) is 63.5 Å². The Hall–Kier alpha value is -1.88. The van der Waals surface area contributed by atoms with Crippen LogP contribution < -0.4 is 0 Å². The predicted octanol–water partition coefficient (Wildman–Crippen LogP) is 3.29. The summed E-state index contributed by atoms with van der Waals surface area (Å²) in [5.41, 5.74) is 0.00390. The van der Waals surface area contributed by atoms with E-state index in [0.717, 1.165) is 12.8 Å². The molecule has 0 saturated carbocycles. The van der Waals surface area contributed by atoms with E-state index in [2.05, 4.69) is 6.58 Å². The fourth-order valence-corrected chi connectivity index (χ4v) is 1.77. The number of rotatable bonds is 6. The van der Waals surface area contributed by atoms with Gasteiger partial charge in [0.05, 0.1) is 4.92 Å². The van der Waals surface area contributed by atoms with Crippen LogP contribution in [0.5, 0.6) is 0 Å². The number of nitrogens with zero attached hydrogens (tertiary/aromatic N) is 2. The fraction of sp³-hybridized carbons (Fsp3) is 0.308. The van der Waals surface area contributed by atoms with Crippen LogP contribution in [0.3, 0.4) is 0 Å². The second-order valence-corrected chi connectivity index (χ2v) is 4.49. The average molecular weight is 283 g/mol. The Morgan fingerprint density at radius 2 is 2.26 bits per heavy atom. The minimum atomic E-state index is -0.600. The molecule has 0 saturated heterocycles. The predicted molar refractivity (Wildman–Crippen MR) is 74.5 cm³/mol. The van der Waals surface area contributed by atoms with Crippen molar-refractivity contribution in [2.45, 2.75) is 12.8 Å². The molecule has 0 fully saturated rings. The summed E-state index contributed by atoms with van der Waals surface area (Å²) < 4.78 is 0. The maximum Gasteiger partial charge on any atom is 0.288 e. The normalized spacial score (nSPS) is 10.0. The smallest absolute Gasteiger partial charge is 0.288 e. The lowest BCUT2D eigenvalue weighted by molar-refractivity contribution is -0.384. The molecule has 6 heteroatoms. The Labute approximate surface area is 116 Å². The lowest BCUT2D eigenvalue weighted by Crippen LogP contribution is -2.27. The van der Waals surface area contributed by atoms with Crippen LogP contribution in [0, 0.1) is 10.1 Å². The van der Waals surface area contributed by atoms with E-state index in [9.17, 15) is 14.9 Å². The van der Waals surface area contributed by atoms with Crippen LogP contribution in [0.25, 0.3) is 0 Å². The molecule has 1 aromatic carbocycles. The summed E-state index contributed by atoms with van der Waals surface area (Å²) in [6, 6.07) is 4.06. The molecule has 0 atom stereocenters. The van der Waals surface area contributed by atoms with Crippen LogP contribution in [-0.2, 0) is 0 Å². The number of nitro benzene ring substituents is 1. The van der Waals surface area contributed by atoms with E-state index in [-0.39, 0.29) is 22.2 Å². The van der Waals surface area contributed by atoms with Crippen molar-refractivity contribution in [3.05, 3.63) is 51.6 Å². The van der Waals surface area contributed by atoms with Crippen LogP contribution in [0.2, 0.25) is 5.02 Å². The molecule has 0 N–H and O–H groups in total. The molecule has 0 aliphatic rings. The minimum absolute atomic E-state index is 0.0239. The molecule has 0 heterocycles. The molecule has 0 spiro atoms. The Balaban J connectivity index is 2.84. The van der Waals surface area contributed by atoms with Crippen LogP contribution in [0.15, 0.2) is 30.9 Å². The van der Waals surface area contributed by atoms with Crippen molar-refractivity contribution in [2.75, 3.05) is 13.6 Å². The van der Waals surface area contributed by atoms with Gasteiger partial charge in [-0.05, 0) is 25.0 Å². The molecular formula is C13H15ClN2O3. The van der Waals surface area contributed by atoms with Crippen molar-refractivity contribution in [3.8, 4) is 0 Å². The second kappa shape index (κ2) is 6.89. The third-order valence-electron chi connectivity index (χ3n) is 2.64. The largest absolute Gasteiger partial charge is 0.342 e. The lowest BCUT2D eigenvalue weighted by atomic mass is 10.1. The number of unbranched alkanes of at least 4 members (excludes halogenated alkanes) is 1. The monoisotopic (exact) mass is 282 g/mol. The van der Waals surface area contributed by atoms with Gasteiger partial charge in [-0.25, -0.2) is 0 Å². The highest BCUT2D eigenvalue weighted by Gasteiger charge is 2.18. The van der Waals surface area contributed by atoms with E-state index in [1.165, 1.54) is 23.1 Å². The quantitative estimate of drug-likeness (QED) is 0.348. The van der Waals surface area contributed by atoms with Crippen molar-refractivity contribution in [1.82, 2.24) is 4.90 Å². The Morgan fingerprint density at radius 3 is 2.84 bits per heavy atom. The van der Waals surface area contributed by atoms with Gasteiger partial charge in [-0.2, -0.15) is 0 Å². The summed E-state index contributed by atoms with van der Waals surface area (Å²) in [4.78, 5) is 23.7. The number of hydrogen-bond acceptors (Lipinski definition) is 3. The molecule has 0 unspecified atom stereocenters. The summed E-state index contributed by atoms with van der Waals surface area (Å²) in [5.74, 6) is -0.260. The number of hydrogen-bond donors (Lipinski definition) is 0. The van der Waals surface area contributed by atoms with Gasteiger partial charge in [0.2, 0.25) is 0 Å². The Morgan fingerprint density at radius 1 is 1.58 bits per heavy atom. The minimum Gasteiger partial charge on any atom is -0.342 e. The average Bonchev–Trinajstić information content (AvgIpc) is 2.38. The SMILES string of the molecule is C=CCCCN(C)C(=O)c1ccc(Cl)c([N+](=O)[O-])c1. The molecule has 0 aromatic heterocycles. The summed E-state index contributed by atoms with van der Waals surface area (Å²) in [6.45, 7) is 4.18. The number of nitro groups is 1. The second-order valence-electron chi connectivity index (χ2n) is 4.08. The van der Waals surface area contributed by atoms with E-state index in [0.29, 0.717) is 6.54 Å². The zero-order chi connectivity index (χ0) is 14.4. The van der Waals surface area contributed by atoms with Crippen molar-refractivity contribution < 1.29 is 9.72 Å². The molecule has 5 nitrogen and oxygen atoms in total. The molecule has 0 aliphatic carbocycles. The fourth-order valence-electron chi connectivity index (χ4n) is 1.58. The Kier molecular flexibility index (Phi) is 5.51. The van der Waals surface area contributed by atoms with Crippen LogP contribution in [-0.4, -0.2) is 29.3 Å². The summed E-state index contributed by atoms with van der Waals surface area (Å²) in [7, 11) is 1.66. The van der Waals surface area contributed by atoms with Crippen molar-refractivity contribution in [3.63, 3.8) is 0 Å².